The Morgan fingerprint density at radius 3 is 2.00 bits per heavy atom. The molecule has 14 heteroatoms. The molecular weight excluding hydrogens is 728 g/mol. The van der Waals surface area contributed by atoms with Gasteiger partial charge in [-0.3, -0.25) is 0 Å². The standard InChI is InChI=1S/C42H72O14/c1-20(2)10-9-13-42(8,56-37-33(52)31(50)34(25(19-44)54-37)55-36-32(51)30(49)29(48)24(18-43)53-36)21-11-15-40(6)28(21)22(45)16-26-39(5)14-12-27(47)38(3,4)35(39)23(46)17-41(26,40)7/h10,21-37,43-52H,9,11-19H2,1-8H3/t21-,22+,23-,24+,25+,26+,27-,28-,29-,30-,31+,32+,33+,34+,35-,36-,37-,39+,40+,41+,42-/m0/s1. The van der Waals surface area contributed by atoms with Crippen LogP contribution in [0.5, 0.6) is 0 Å². The monoisotopic (exact) mass is 800 g/mol. The van der Waals surface area contributed by atoms with Gasteiger partial charge in [0.1, 0.15) is 48.8 Å². The van der Waals surface area contributed by atoms with Crippen LogP contribution in [0, 0.1) is 45.3 Å². The normalized spacial score (nSPS) is 52.6. The molecule has 14 nitrogen and oxygen atoms in total. The first-order valence-corrected chi connectivity index (χ1v) is 21.0. The van der Waals surface area contributed by atoms with Crippen molar-refractivity contribution in [2.75, 3.05) is 13.2 Å². The molecule has 324 valence electrons. The molecule has 0 unspecified atom stereocenters. The lowest BCUT2D eigenvalue weighted by Crippen LogP contribution is -2.70. The maximum Gasteiger partial charge on any atom is 0.187 e. The highest BCUT2D eigenvalue weighted by atomic mass is 16.7. The summed E-state index contributed by atoms with van der Waals surface area (Å²) in [5.74, 6) is -0.477. The summed E-state index contributed by atoms with van der Waals surface area (Å²) < 4.78 is 24.3. The first kappa shape index (κ1) is 44.7. The van der Waals surface area contributed by atoms with E-state index in [1.165, 1.54) is 0 Å². The second kappa shape index (κ2) is 15.9. The van der Waals surface area contributed by atoms with Crippen LogP contribution < -0.4 is 0 Å². The fraction of sp³-hybridized carbons (Fsp3) is 0.952. The highest BCUT2D eigenvalue weighted by Gasteiger charge is 2.73. The van der Waals surface area contributed by atoms with Crippen LogP contribution in [0.25, 0.3) is 0 Å². The van der Waals surface area contributed by atoms with E-state index in [1.807, 2.05) is 20.8 Å². The number of hydrogen-bond acceptors (Lipinski definition) is 14. The summed E-state index contributed by atoms with van der Waals surface area (Å²) in [7, 11) is 0. The molecule has 0 spiro atoms. The molecule has 2 saturated heterocycles. The molecule has 10 N–H and O–H groups in total. The maximum atomic E-state index is 12.4. The van der Waals surface area contributed by atoms with Crippen LogP contribution in [0.15, 0.2) is 11.6 Å². The third-order valence-corrected chi connectivity index (χ3v) is 16.6. The van der Waals surface area contributed by atoms with Gasteiger partial charge in [0.15, 0.2) is 12.6 Å². The average Bonchev–Trinajstić information content (AvgIpc) is 3.51. The van der Waals surface area contributed by atoms with Gasteiger partial charge in [-0.2, -0.15) is 0 Å². The highest BCUT2D eigenvalue weighted by Crippen LogP contribution is 2.76. The minimum Gasteiger partial charge on any atom is -0.394 e. The van der Waals surface area contributed by atoms with Gasteiger partial charge in [-0.05, 0) is 117 Å². The van der Waals surface area contributed by atoms with E-state index in [-0.39, 0.29) is 34.5 Å². The summed E-state index contributed by atoms with van der Waals surface area (Å²) in [6, 6.07) is 0. The van der Waals surface area contributed by atoms with Crippen LogP contribution in [-0.4, -0.2) is 150 Å². The minimum absolute atomic E-state index is 0.104. The Balaban J connectivity index is 1.28. The Morgan fingerprint density at radius 2 is 1.38 bits per heavy atom. The Bertz CT molecular complexity index is 1400. The van der Waals surface area contributed by atoms with Crippen molar-refractivity contribution in [2.24, 2.45) is 45.3 Å². The molecule has 6 fully saturated rings. The molecule has 0 radical (unpaired) electrons. The van der Waals surface area contributed by atoms with Crippen LogP contribution in [0.4, 0.5) is 0 Å². The molecule has 0 amide bonds. The summed E-state index contributed by atoms with van der Waals surface area (Å²) in [6.45, 7) is 15.6. The summed E-state index contributed by atoms with van der Waals surface area (Å²) in [5, 5.41) is 110. The average molecular weight is 801 g/mol. The Morgan fingerprint density at radius 1 is 0.750 bits per heavy atom. The molecule has 21 atom stereocenters. The molecule has 0 aromatic heterocycles. The zero-order chi connectivity index (χ0) is 41.5. The van der Waals surface area contributed by atoms with E-state index < -0.39 is 109 Å². The van der Waals surface area contributed by atoms with Gasteiger partial charge in [0.2, 0.25) is 0 Å². The zero-order valence-corrected chi connectivity index (χ0v) is 34.6. The Labute approximate surface area is 331 Å². The molecule has 6 aliphatic rings. The van der Waals surface area contributed by atoms with Crippen LogP contribution in [-0.2, 0) is 18.9 Å². The van der Waals surface area contributed by atoms with Crippen molar-refractivity contribution in [3.05, 3.63) is 11.6 Å². The Kier molecular flexibility index (Phi) is 12.7. The molecule has 6 rings (SSSR count). The van der Waals surface area contributed by atoms with E-state index in [1.54, 1.807) is 0 Å². The van der Waals surface area contributed by atoms with E-state index in [4.69, 9.17) is 18.9 Å². The first-order chi connectivity index (χ1) is 26.0. The molecule has 4 saturated carbocycles. The molecule has 4 aliphatic carbocycles. The molecule has 0 bridgehead atoms. The first-order valence-electron chi connectivity index (χ1n) is 21.0. The van der Waals surface area contributed by atoms with Gasteiger partial charge < -0.3 is 70.0 Å². The van der Waals surface area contributed by atoms with Gasteiger partial charge in [-0.1, -0.05) is 46.3 Å². The maximum absolute atomic E-state index is 12.4. The van der Waals surface area contributed by atoms with Gasteiger partial charge in [0.05, 0.1) is 37.1 Å². The number of ether oxygens (including phenoxy) is 4. The molecular formula is C42H72O14. The van der Waals surface area contributed by atoms with Gasteiger partial charge in [0.25, 0.3) is 0 Å². The lowest BCUT2D eigenvalue weighted by molar-refractivity contribution is -0.372. The zero-order valence-electron chi connectivity index (χ0n) is 34.6. The second-order valence-corrected chi connectivity index (χ2v) is 20.2. The predicted molar refractivity (Wildman–Crippen MR) is 202 cm³/mol. The lowest BCUT2D eigenvalue weighted by Gasteiger charge is -2.71. The van der Waals surface area contributed by atoms with Crippen molar-refractivity contribution in [2.45, 2.75) is 192 Å². The van der Waals surface area contributed by atoms with Crippen molar-refractivity contribution >= 4 is 0 Å². The van der Waals surface area contributed by atoms with Gasteiger partial charge in [-0.25, -0.2) is 0 Å². The van der Waals surface area contributed by atoms with Gasteiger partial charge in [0, 0.05) is 0 Å². The van der Waals surface area contributed by atoms with Crippen molar-refractivity contribution in [3.8, 4) is 0 Å². The van der Waals surface area contributed by atoms with Crippen LogP contribution in [0.1, 0.15) is 107 Å². The van der Waals surface area contributed by atoms with Crippen LogP contribution in [0.3, 0.4) is 0 Å². The highest BCUT2D eigenvalue weighted by molar-refractivity contribution is 5.22. The lowest BCUT2D eigenvalue weighted by atomic mass is 9.34. The van der Waals surface area contributed by atoms with Crippen molar-refractivity contribution in [1.82, 2.24) is 0 Å². The van der Waals surface area contributed by atoms with Gasteiger partial charge >= 0.3 is 0 Å². The number of aliphatic hydroxyl groups is 10. The topological polar surface area (TPSA) is 239 Å². The minimum atomic E-state index is -1.78. The smallest absolute Gasteiger partial charge is 0.187 e. The number of aliphatic hydroxyl groups excluding tert-OH is 10. The van der Waals surface area contributed by atoms with E-state index in [9.17, 15) is 51.1 Å². The molecule has 2 aliphatic heterocycles. The molecule has 0 aromatic carbocycles. The second-order valence-electron chi connectivity index (χ2n) is 20.2. The van der Waals surface area contributed by atoms with Crippen molar-refractivity contribution in [3.63, 3.8) is 0 Å². The molecule has 56 heavy (non-hydrogen) atoms. The largest absolute Gasteiger partial charge is 0.394 e. The van der Waals surface area contributed by atoms with Crippen molar-refractivity contribution in [1.29, 1.82) is 0 Å². The summed E-state index contributed by atoms with van der Waals surface area (Å²) in [4.78, 5) is 0. The van der Waals surface area contributed by atoms with Crippen LogP contribution in [0.2, 0.25) is 0 Å². The number of hydrogen-bond donors (Lipinski definition) is 10. The predicted octanol–water partition coefficient (Wildman–Crippen LogP) is 1.12. The third-order valence-electron chi connectivity index (χ3n) is 16.6. The van der Waals surface area contributed by atoms with Crippen LogP contribution >= 0.6 is 0 Å². The SMILES string of the molecule is CC(C)=CCC[C@](C)(O[C@@H]1O[C@H](CO)[C@@H](O[C@@H]2O[C@H](CO)[C@H](O)[C@H](O)[C@H]2O)[C@H](O)[C@H]1O)[C@H]1CC[C@]2(C)[C@@H]1[C@H](O)C[C@@H]1[C@@]3(C)CC[C@H](O)C(C)(C)[C@@H]3[C@@H](O)C[C@]12C. The van der Waals surface area contributed by atoms with E-state index in [0.29, 0.717) is 38.5 Å². The summed E-state index contributed by atoms with van der Waals surface area (Å²) in [6.07, 6.45) is -10.3. The number of fused-ring (bicyclic) bond motifs is 5. The molecule has 0 aromatic rings. The third kappa shape index (κ3) is 7.06. The van der Waals surface area contributed by atoms with E-state index in [0.717, 1.165) is 18.4 Å². The van der Waals surface area contributed by atoms with E-state index in [2.05, 4.69) is 40.7 Å². The number of rotatable bonds is 10. The molecule has 2 heterocycles. The van der Waals surface area contributed by atoms with Gasteiger partial charge in [-0.15, -0.1) is 0 Å². The fourth-order valence-corrected chi connectivity index (χ4v) is 13.5. The summed E-state index contributed by atoms with van der Waals surface area (Å²) >= 11 is 0. The van der Waals surface area contributed by atoms with Crippen molar-refractivity contribution < 1.29 is 70.0 Å². The van der Waals surface area contributed by atoms with E-state index >= 15 is 0 Å². The quantitative estimate of drug-likeness (QED) is 0.140. The Hall–Kier alpha value is -0.820. The number of allylic oxidation sites excluding steroid dienone is 2. The fourth-order valence-electron chi connectivity index (χ4n) is 13.5. The summed E-state index contributed by atoms with van der Waals surface area (Å²) in [5.41, 5.74) is -1.42.